The number of halogens is 3. The molecule has 1 aliphatic heterocycles. The molecular formula is C16H20F3NO. The van der Waals surface area contributed by atoms with Gasteiger partial charge in [0.2, 0.25) is 0 Å². The molecule has 0 saturated carbocycles. The number of nitrogens with one attached hydrogen (secondary N) is 1. The van der Waals surface area contributed by atoms with E-state index in [1.165, 1.54) is 12.1 Å². The Morgan fingerprint density at radius 3 is 2.76 bits per heavy atom. The second-order valence-corrected chi connectivity index (χ2v) is 5.11. The minimum atomic E-state index is -4.33. The average molecular weight is 299 g/mol. The SMILES string of the molecule is CCCNC(C1=CCCCO1)c1cccc(C(F)(F)F)c1. The highest BCUT2D eigenvalue weighted by atomic mass is 19.4. The topological polar surface area (TPSA) is 21.3 Å². The first-order valence-corrected chi connectivity index (χ1v) is 7.25. The molecular weight excluding hydrogens is 279 g/mol. The molecule has 0 spiro atoms. The number of ether oxygens (including phenoxy) is 1. The molecule has 1 N–H and O–H groups in total. The van der Waals surface area contributed by atoms with E-state index in [4.69, 9.17) is 4.74 Å². The second kappa shape index (κ2) is 6.98. The first-order valence-electron chi connectivity index (χ1n) is 7.25. The molecule has 21 heavy (non-hydrogen) atoms. The minimum Gasteiger partial charge on any atom is -0.496 e. The highest BCUT2D eigenvalue weighted by Gasteiger charge is 2.31. The zero-order valence-corrected chi connectivity index (χ0v) is 12.0. The first-order chi connectivity index (χ1) is 10.0. The van der Waals surface area contributed by atoms with Gasteiger partial charge in [-0.25, -0.2) is 0 Å². The molecule has 2 nitrogen and oxygen atoms in total. The Balaban J connectivity index is 2.29. The molecule has 1 unspecified atom stereocenters. The molecule has 0 amide bonds. The molecule has 2 rings (SSSR count). The molecule has 0 radical (unpaired) electrons. The van der Waals surface area contributed by atoms with E-state index in [1.807, 2.05) is 13.0 Å². The zero-order valence-electron chi connectivity index (χ0n) is 12.0. The van der Waals surface area contributed by atoms with Gasteiger partial charge in [-0.15, -0.1) is 0 Å². The van der Waals surface area contributed by atoms with E-state index in [1.54, 1.807) is 6.07 Å². The maximum atomic E-state index is 12.9. The lowest BCUT2D eigenvalue weighted by atomic mass is 10.00. The van der Waals surface area contributed by atoms with Crippen LogP contribution in [0.3, 0.4) is 0 Å². The third-order valence-electron chi connectivity index (χ3n) is 3.39. The van der Waals surface area contributed by atoms with Crippen LogP contribution in [-0.2, 0) is 10.9 Å². The van der Waals surface area contributed by atoms with Crippen LogP contribution in [0.1, 0.15) is 43.4 Å². The smallest absolute Gasteiger partial charge is 0.416 e. The van der Waals surface area contributed by atoms with Crippen molar-refractivity contribution in [3.05, 3.63) is 47.2 Å². The second-order valence-electron chi connectivity index (χ2n) is 5.11. The zero-order chi connectivity index (χ0) is 15.3. The van der Waals surface area contributed by atoms with Crippen LogP contribution >= 0.6 is 0 Å². The lowest BCUT2D eigenvalue weighted by molar-refractivity contribution is -0.137. The van der Waals surface area contributed by atoms with Crippen molar-refractivity contribution in [1.82, 2.24) is 5.32 Å². The molecule has 0 bridgehead atoms. The standard InChI is InChI=1S/C16H20F3NO/c1-2-9-20-15(14-8-3-4-10-21-14)12-6-5-7-13(11-12)16(17,18)19/h5-8,11,15,20H,2-4,9-10H2,1H3. The van der Waals surface area contributed by atoms with E-state index in [0.29, 0.717) is 12.2 Å². The van der Waals surface area contributed by atoms with Gasteiger partial charge in [0.05, 0.1) is 18.2 Å². The first kappa shape index (κ1) is 15.9. The van der Waals surface area contributed by atoms with Gasteiger partial charge in [0.1, 0.15) is 5.76 Å². The van der Waals surface area contributed by atoms with E-state index in [2.05, 4.69) is 5.32 Å². The molecule has 0 aliphatic carbocycles. The summed E-state index contributed by atoms with van der Waals surface area (Å²) in [7, 11) is 0. The van der Waals surface area contributed by atoms with Crippen LogP contribution < -0.4 is 5.32 Å². The number of alkyl halides is 3. The van der Waals surface area contributed by atoms with E-state index in [0.717, 1.165) is 37.6 Å². The molecule has 1 heterocycles. The summed E-state index contributed by atoms with van der Waals surface area (Å²) < 4.78 is 44.2. The normalized spacial score (nSPS) is 17.0. The summed E-state index contributed by atoms with van der Waals surface area (Å²) in [5, 5.41) is 3.27. The maximum absolute atomic E-state index is 12.9. The molecule has 1 atom stereocenters. The fraction of sp³-hybridized carbons (Fsp3) is 0.500. The van der Waals surface area contributed by atoms with Crippen molar-refractivity contribution in [3.8, 4) is 0 Å². The summed E-state index contributed by atoms with van der Waals surface area (Å²) in [4.78, 5) is 0. The van der Waals surface area contributed by atoms with Gasteiger partial charge in [-0.3, -0.25) is 0 Å². The van der Waals surface area contributed by atoms with E-state index < -0.39 is 11.7 Å². The number of allylic oxidation sites excluding steroid dienone is 1. The van der Waals surface area contributed by atoms with Crippen LogP contribution in [0.25, 0.3) is 0 Å². The highest BCUT2D eigenvalue weighted by molar-refractivity contribution is 5.32. The number of hydrogen-bond acceptors (Lipinski definition) is 2. The fourth-order valence-corrected chi connectivity index (χ4v) is 2.34. The van der Waals surface area contributed by atoms with E-state index in [-0.39, 0.29) is 6.04 Å². The Labute approximate surface area is 123 Å². The number of benzene rings is 1. The van der Waals surface area contributed by atoms with Crippen molar-refractivity contribution < 1.29 is 17.9 Å². The Kier molecular flexibility index (Phi) is 5.28. The van der Waals surface area contributed by atoms with Crippen molar-refractivity contribution >= 4 is 0 Å². The van der Waals surface area contributed by atoms with Crippen molar-refractivity contribution in [2.45, 2.75) is 38.4 Å². The van der Waals surface area contributed by atoms with Gasteiger partial charge in [-0.1, -0.05) is 19.1 Å². The largest absolute Gasteiger partial charge is 0.496 e. The molecule has 1 aromatic rings. The lowest BCUT2D eigenvalue weighted by Crippen LogP contribution is -2.26. The monoisotopic (exact) mass is 299 g/mol. The highest BCUT2D eigenvalue weighted by Crippen LogP contribution is 2.33. The molecule has 1 aromatic carbocycles. The van der Waals surface area contributed by atoms with E-state index in [9.17, 15) is 13.2 Å². The summed E-state index contributed by atoms with van der Waals surface area (Å²) in [6.45, 7) is 3.36. The summed E-state index contributed by atoms with van der Waals surface area (Å²) >= 11 is 0. The van der Waals surface area contributed by atoms with Crippen LogP contribution in [0.4, 0.5) is 13.2 Å². The Bertz CT molecular complexity index is 497. The average Bonchev–Trinajstić information content (AvgIpc) is 2.48. The van der Waals surface area contributed by atoms with Crippen molar-refractivity contribution in [2.75, 3.05) is 13.2 Å². The molecule has 116 valence electrons. The van der Waals surface area contributed by atoms with Gasteiger partial charge in [0.15, 0.2) is 0 Å². The van der Waals surface area contributed by atoms with Crippen LogP contribution in [0.2, 0.25) is 0 Å². The lowest BCUT2D eigenvalue weighted by Gasteiger charge is -2.25. The third-order valence-corrected chi connectivity index (χ3v) is 3.39. The summed E-state index contributed by atoms with van der Waals surface area (Å²) in [5.41, 5.74) is -0.0360. The molecule has 5 heteroatoms. The van der Waals surface area contributed by atoms with Gasteiger partial charge >= 0.3 is 6.18 Å². The number of rotatable bonds is 5. The predicted molar refractivity (Wildman–Crippen MR) is 75.7 cm³/mol. The quantitative estimate of drug-likeness (QED) is 0.868. The Morgan fingerprint density at radius 2 is 2.14 bits per heavy atom. The van der Waals surface area contributed by atoms with E-state index >= 15 is 0 Å². The maximum Gasteiger partial charge on any atom is 0.416 e. The Hall–Kier alpha value is -1.49. The van der Waals surface area contributed by atoms with Gasteiger partial charge in [0.25, 0.3) is 0 Å². The van der Waals surface area contributed by atoms with Gasteiger partial charge in [-0.2, -0.15) is 13.2 Å². The molecule has 0 saturated heterocycles. The van der Waals surface area contributed by atoms with Gasteiger partial charge in [0, 0.05) is 0 Å². The van der Waals surface area contributed by atoms with Gasteiger partial charge < -0.3 is 10.1 Å². The van der Waals surface area contributed by atoms with Crippen LogP contribution in [0, 0.1) is 0 Å². The minimum absolute atomic E-state index is 0.312. The summed E-state index contributed by atoms with van der Waals surface area (Å²) in [5.74, 6) is 0.731. The van der Waals surface area contributed by atoms with Crippen LogP contribution in [0.5, 0.6) is 0 Å². The van der Waals surface area contributed by atoms with Crippen molar-refractivity contribution in [2.24, 2.45) is 0 Å². The number of hydrogen-bond donors (Lipinski definition) is 1. The third kappa shape index (κ3) is 4.24. The van der Waals surface area contributed by atoms with Gasteiger partial charge in [-0.05, 0) is 49.6 Å². The summed E-state index contributed by atoms with van der Waals surface area (Å²) in [6.07, 6.45) is 0.401. The summed E-state index contributed by atoms with van der Waals surface area (Å²) in [6, 6.07) is 5.14. The van der Waals surface area contributed by atoms with Crippen LogP contribution in [0.15, 0.2) is 36.1 Å². The molecule has 1 aliphatic rings. The predicted octanol–water partition coefficient (Wildman–Crippen LogP) is 4.44. The molecule has 0 aromatic heterocycles. The Morgan fingerprint density at radius 1 is 1.33 bits per heavy atom. The van der Waals surface area contributed by atoms with Crippen molar-refractivity contribution in [1.29, 1.82) is 0 Å². The van der Waals surface area contributed by atoms with Crippen LogP contribution in [-0.4, -0.2) is 13.2 Å². The fourth-order valence-electron chi connectivity index (χ4n) is 2.34. The van der Waals surface area contributed by atoms with Crippen molar-refractivity contribution in [3.63, 3.8) is 0 Å². The molecule has 0 fully saturated rings.